The Morgan fingerprint density at radius 3 is 1.91 bits per heavy atom. The van der Waals surface area contributed by atoms with Crippen LogP contribution >= 0.6 is 0 Å². The molecule has 3 rings (SSSR count). The topological polar surface area (TPSA) is 96.5 Å². The average molecular weight is 594 g/mol. The van der Waals surface area contributed by atoms with Crippen molar-refractivity contribution in [3.8, 4) is 11.5 Å². The first-order valence-electron chi connectivity index (χ1n) is 15.3. The number of amides is 2. The van der Waals surface area contributed by atoms with Crippen LogP contribution < -0.4 is 9.47 Å². The Morgan fingerprint density at radius 2 is 1.47 bits per heavy atom. The molecule has 0 spiro atoms. The summed E-state index contributed by atoms with van der Waals surface area (Å²) in [5.41, 5.74) is 1.67. The molecule has 0 saturated carbocycles. The van der Waals surface area contributed by atoms with Crippen molar-refractivity contribution in [2.45, 2.75) is 77.8 Å². The van der Waals surface area contributed by atoms with Crippen LogP contribution in [-0.2, 0) is 15.0 Å². The Hall–Kier alpha value is -3.72. The van der Waals surface area contributed by atoms with Crippen LogP contribution in [0.2, 0.25) is 0 Å². The number of carbonyl (C=O) groups excluding carboxylic acids is 4. The molecule has 3 unspecified atom stereocenters. The minimum absolute atomic E-state index is 0.267. The highest BCUT2D eigenvalue weighted by Gasteiger charge is 2.29. The number of ether oxygens (including phenoxy) is 2. The number of rotatable bonds is 14. The van der Waals surface area contributed by atoms with Crippen molar-refractivity contribution < 1.29 is 28.7 Å². The summed E-state index contributed by atoms with van der Waals surface area (Å²) in [6.45, 7) is 11.7. The van der Waals surface area contributed by atoms with E-state index in [1.54, 1.807) is 36.1 Å². The molecule has 0 bridgehead atoms. The molecule has 1 fully saturated rings. The van der Waals surface area contributed by atoms with Crippen LogP contribution in [0, 0.1) is 5.92 Å². The Morgan fingerprint density at radius 1 is 0.930 bits per heavy atom. The third kappa shape index (κ3) is 9.13. The number of nitrogens with zero attached hydrogens (tertiary/aromatic N) is 3. The summed E-state index contributed by atoms with van der Waals surface area (Å²) in [7, 11) is 2.13. The fraction of sp³-hybridized carbons (Fsp3) is 0.529. The Bertz CT molecular complexity index is 1210. The van der Waals surface area contributed by atoms with E-state index in [0.717, 1.165) is 43.0 Å². The highest BCUT2D eigenvalue weighted by atomic mass is 16.6. The van der Waals surface area contributed by atoms with Crippen LogP contribution in [0.25, 0.3) is 0 Å². The van der Waals surface area contributed by atoms with Crippen molar-refractivity contribution in [1.82, 2.24) is 14.7 Å². The fourth-order valence-corrected chi connectivity index (χ4v) is 5.47. The van der Waals surface area contributed by atoms with E-state index in [1.165, 1.54) is 4.90 Å². The van der Waals surface area contributed by atoms with Gasteiger partial charge in [0, 0.05) is 56.0 Å². The zero-order valence-corrected chi connectivity index (χ0v) is 26.5. The zero-order valence-electron chi connectivity index (χ0n) is 26.5. The molecule has 234 valence electrons. The summed E-state index contributed by atoms with van der Waals surface area (Å²) in [5.74, 6) is 0.593. The second kappa shape index (κ2) is 15.7. The highest BCUT2D eigenvalue weighted by Crippen LogP contribution is 2.33. The Labute approximate surface area is 256 Å². The predicted octanol–water partition coefficient (Wildman–Crippen LogP) is 5.93. The second-order valence-corrected chi connectivity index (χ2v) is 12.0. The normalized spacial score (nSPS) is 17.6. The van der Waals surface area contributed by atoms with Crippen LogP contribution in [-0.4, -0.2) is 84.8 Å². The van der Waals surface area contributed by atoms with Gasteiger partial charge in [-0.3, -0.25) is 0 Å². The molecule has 1 aliphatic rings. The summed E-state index contributed by atoms with van der Waals surface area (Å²) >= 11 is 0. The molecule has 9 nitrogen and oxygen atoms in total. The zero-order chi connectivity index (χ0) is 31.6. The lowest BCUT2D eigenvalue weighted by Gasteiger charge is -2.28. The van der Waals surface area contributed by atoms with Gasteiger partial charge in [0.15, 0.2) is 0 Å². The Kier molecular flexibility index (Phi) is 12.3. The van der Waals surface area contributed by atoms with Crippen molar-refractivity contribution >= 4 is 24.8 Å². The van der Waals surface area contributed by atoms with E-state index in [-0.39, 0.29) is 17.8 Å². The third-order valence-electron chi connectivity index (χ3n) is 8.64. The third-order valence-corrected chi connectivity index (χ3v) is 8.64. The number of benzene rings is 2. The monoisotopic (exact) mass is 593 g/mol. The number of carbonyl (C=O) groups is 4. The molecule has 1 aliphatic heterocycles. The molecule has 0 radical (unpaired) electrons. The lowest BCUT2D eigenvalue weighted by molar-refractivity contribution is -0.111. The van der Waals surface area contributed by atoms with Gasteiger partial charge >= 0.3 is 12.2 Å². The number of likely N-dealkylation sites (tertiary alicyclic amines) is 1. The lowest BCUT2D eigenvalue weighted by atomic mass is 9.78. The van der Waals surface area contributed by atoms with E-state index < -0.39 is 12.2 Å². The molecule has 9 heteroatoms. The van der Waals surface area contributed by atoms with Crippen LogP contribution in [0.3, 0.4) is 0 Å². The van der Waals surface area contributed by atoms with E-state index in [4.69, 9.17) is 9.47 Å². The Balaban J connectivity index is 1.63. The van der Waals surface area contributed by atoms with E-state index in [1.807, 2.05) is 31.2 Å². The molecular formula is C34H47N3O6. The van der Waals surface area contributed by atoms with Gasteiger partial charge in [-0.25, -0.2) is 9.59 Å². The first-order chi connectivity index (χ1) is 20.5. The SMILES string of the molecule is CCN(CCC=O)C(=O)Oc1ccc(C(C)(C)c2ccc(OC(=O)N(CCC3CCC(C)N3C)CC(C)C=O)cc2)cc1. The first kappa shape index (κ1) is 33.8. The summed E-state index contributed by atoms with van der Waals surface area (Å²) in [6, 6.07) is 15.8. The van der Waals surface area contributed by atoms with Crippen LogP contribution in [0.5, 0.6) is 11.5 Å². The largest absolute Gasteiger partial charge is 0.415 e. The first-order valence-corrected chi connectivity index (χ1v) is 15.3. The molecule has 0 N–H and O–H groups in total. The summed E-state index contributed by atoms with van der Waals surface area (Å²) in [5, 5.41) is 0. The van der Waals surface area contributed by atoms with Gasteiger partial charge in [0.05, 0.1) is 0 Å². The maximum atomic E-state index is 13.2. The van der Waals surface area contributed by atoms with Gasteiger partial charge in [-0.2, -0.15) is 0 Å². The summed E-state index contributed by atoms with van der Waals surface area (Å²) in [6.07, 6.45) is 4.08. The van der Waals surface area contributed by atoms with E-state index in [9.17, 15) is 19.2 Å². The lowest BCUT2D eigenvalue weighted by Crippen LogP contribution is -2.40. The van der Waals surface area contributed by atoms with Gasteiger partial charge in [0.1, 0.15) is 24.1 Å². The van der Waals surface area contributed by atoms with Gasteiger partial charge in [0.2, 0.25) is 0 Å². The molecule has 1 saturated heterocycles. The molecule has 2 aromatic rings. The van der Waals surface area contributed by atoms with Crippen molar-refractivity contribution in [2.75, 3.05) is 33.2 Å². The number of aldehydes is 2. The molecule has 0 aliphatic carbocycles. The van der Waals surface area contributed by atoms with Gasteiger partial charge < -0.3 is 33.8 Å². The van der Waals surface area contributed by atoms with E-state index in [2.05, 4.69) is 32.7 Å². The second-order valence-electron chi connectivity index (χ2n) is 12.0. The smallest absolute Gasteiger partial charge is 0.410 e. The van der Waals surface area contributed by atoms with Crippen molar-refractivity contribution in [3.05, 3.63) is 59.7 Å². The van der Waals surface area contributed by atoms with Crippen molar-refractivity contribution in [3.63, 3.8) is 0 Å². The standard InChI is InChI=1S/C34H47N3O6/c1-7-36(20-8-22-38)32(40)42-30-15-10-27(11-16-30)34(4,5)28-12-17-31(18-13-28)43-33(41)37(23-25(2)24-39)21-19-29-14-9-26(3)35(29)6/h10-13,15-18,22,24-26,29H,7-9,14,19-21,23H2,1-6H3. The minimum Gasteiger partial charge on any atom is -0.410 e. The quantitative estimate of drug-likeness (QED) is 0.251. The van der Waals surface area contributed by atoms with Crippen molar-refractivity contribution in [1.29, 1.82) is 0 Å². The van der Waals surface area contributed by atoms with Gasteiger partial charge in [-0.1, -0.05) is 45.0 Å². The maximum absolute atomic E-state index is 13.2. The van der Waals surface area contributed by atoms with Gasteiger partial charge in [-0.05, 0) is 75.5 Å². The average Bonchev–Trinajstić information content (AvgIpc) is 3.32. The van der Waals surface area contributed by atoms with E-state index in [0.29, 0.717) is 49.8 Å². The highest BCUT2D eigenvalue weighted by molar-refractivity contribution is 5.72. The fourth-order valence-electron chi connectivity index (χ4n) is 5.47. The molecule has 2 aromatic carbocycles. The molecule has 2 amide bonds. The van der Waals surface area contributed by atoms with Crippen LogP contribution in [0.15, 0.2) is 48.5 Å². The molecule has 0 aromatic heterocycles. The predicted molar refractivity (Wildman–Crippen MR) is 167 cm³/mol. The van der Waals surface area contributed by atoms with Crippen molar-refractivity contribution in [2.24, 2.45) is 5.92 Å². The number of hydrogen-bond donors (Lipinski definition) is 0. The molecule has 1 heterocycles. The van der Waals surface area contributed by atoms with Gasteiger partial charge in [-0.15, -0.1) is 0 Å². The molecule has 3 atom stereocenters. The minimum atomic E-state index is -0.485. The maximum Gasteiger partial charge on any atom is 0.415 e. The van der Waals surface area contributed by atoms with Crippen LogP contribution in [0.4, 0.5) is 9.59 Å². The molecular weight excluding hydrogens is 546 g/mol. The summed E-state index contributed by atoms with van der Waals surface area (Å²) < 4.78 is 11.2. The molecule has 43 heavy (non-hydrogen) atoms. The van der Waals surface area contributed by atoms with Crippen LogP contribution in [0.1, 0.15) is 71.4 Å². The number of hydrogen-bond acceptors (Lipinski definition) is 7. The van der Waals surface area contributed by atoms with E-state index >= 15 is 0 Å². The summed E-state index contributed by atoms with van der Waals surface area (Å²) in [4.78, 5) is 53.1. The van der Waals surface area contributed by atoms with Gasteiger partial charge in [0.25, 0.3) is 0 Å².